The van der Waals surface area contributed by atoms with Crippen molar-refractivity contribution in [3.63, 3.8) is 0 Å². The number of nitrogens with two attached hydrogens (primary N) is 1. The van der Waals surface area contributed by atoms with Gasteiger partial charge in [-0.15, -0.1) is 0 Å². The SMILES string of the molecule is Cc1cc(Nc2ccccn2)nc(C2CCCN2CC(N)=O)n1. The second-order valence-corrected chi connectivity index (χ2v) is 5.69. The number of hydrogen-bond donors (Lipinski definition) is 2. The molecule has 1 atom stereocenters. The molecule has 0 aliphatic carbocycles. The highest BCUT2D eigenvalue weighted by molar-refractivity contribution is 5.76. The molecule has 7 nitrogen and oxygen atoms in total. The van der Waals surface area contributed by atoms with Crippen LogP contribution in [-0.4, -0.2) is 38.8 Å². The molecule has 120 valence electrons. The van der Waals surface area contributed by atoms with Gasteiger partial charge in [-0.2, -0.15) is 0 Å². The van der Waals surface area contributed by atoms with E-state index < -0.39 is 0 Å². The lowest BCUT2D eigenvalue weighted by molar-refractivity contribution is -0.119. The lowest BCUT2D eigenvalue weighted by Gasteiger charge is -2.22. The molecule has 1 aliphatic rings. The van der Waals surface area contributed by atoms with Gasteiger partial charge >= 0.3 is 0 Å². The summed E-state index contributed by atoms with van der Waals surface area (Å²) in [6.45, 7) is 3.01. The van der Waals surface area contributed by atoms with Crippen molar-refractivity contribution in [2.45, 2.75) is 25.8 Å². The van der Waals surface area contributed by atoms with Gasteiger partial charge < -0.3 is 11.1 Å². The molecule has 3 heterocycles. The van der Waals surface area contributed by atoms with Gasteiger partial charge in [0.15, 0.2) is 0 Å². The van der Waals surface area contributed by atoms with E-state index in [2.05, 4.69) is 20.3 Å². The number of carbonyl (C=O) groups excluding carboxylic acids is 1. The summed E-state index contributed by atoms with van der Waals surface area (Å²) in [6.07, 6.45) is 3.67. The molecule has 7 heteroatoms. The third-order valence-electron chi connectivity index (χ3n) is 3.81. The Balaban J connectivity index is 1.84. The number of hydrogen-bond acceptors (Lipinski definition) is 6. The Hall–Kier alpha value is -2.54. The van der Waals surface area contributed by atoms with E-state index >= 15 is 0 Å². The minimum Gasteiger partial charge on any atom is -0.369 e. The number of likely N-dealkylation sites (tertiary alicyclic amines) is 1. The number of rotatable bonds is 5. The quantitative estimate of drug-likeness (QED) is 0.869. The Morgan fingerprint density at radius 1 is 1.39 bits per heavy atom. The number of nitrogens with one attached hydrogen (secondary N) is 1. The van der Waals surface area contributed by atoms with Crippen molar-refractivity contribution >= 4 is 17.5 Å². The van der Waals surface area contributed by atoms with E-state index in [0.717, 1.165) is 36.7 Å². The summed E-state index contributed by atoms with van der Waals surface area (Å²) in [6, 6.07) is 7.57. The van der Waals surface area contributed by atoms with Crippen molar-refractivity contribution in [1.82, 2.24) is 19.9 Å². The molecule has 1 fully saturated rings. The summed E-state index contributed by atoms with van der Waals surface area (Å²) in [4.78, 5) is 26.7. The molecule has 1 unspecified atom stereocenters. The molecule has 3 N–H and O–H groups in total. The van der Waals surface area contributed by atoms with E-state index in [1.54, 1.807) is 6.20 Å². The van der Waals surface area contributed by atoms with Crippen LogP contribution in [0.1, 0.15) is 30.4 Å². The monoisotopic (exact) mass is 312 g/mol. The fourth-order valence-electron chi connectivity index (χ4n) is 2.88. The largest absolute Gasteiger partial charge is 0.369 e. The molecule has 3 rings (SSSR count). The molecule has 1 saturated heterocycles. The highest BCUT2D eigenvalue weighted by Crippen LogP contribution is 2.30. The van der Waals surface area contributed by atoms with E-state index in [9.17, 15) is 4.79 Å². The summed E-state index contributed by atoms with van der Waals surface area (Å²) < 4.78 is 0. The predicted molar refractivity (Wildman–Crippen MR) is 87.0 cm³/mol. The van der Waals surface area contributed by atoms with Crippen molar-refractivity contribution in [2.75, 3.05) is 18.4 Å². The number of anilines is 2. The minimum absolute atomic E-state index is 0.0340. The van der Waals surface area contributed by atoms with Crippen LogP contribution in [0.5, 0.6) is 0 Å². The molecule has 1 amide bonds. The van der Waals surface area contributed by atoms with Crippen molar-refractivity contribution in [3.8, 4) is 0 Å². The molecule has 1 aliphatic heterocycles. The Bertz CT molecular complexity index is 690. The third-order valence-corrected chi connectivity index (χ3v) is 3.81. The lowest BCUT2D eigenvalue weighted by Crippen LogP contribution is -2.34. The van der Waals surface area contributed by atoms with Crippen molar-refractivity contribution in [3.05, 3.63) is 42.0 Å². The molecule has 0 saturated carbocycles. The van der Waals surface area contributed by atoms with Crippen LogP contribution in [0.25, 0.3) is 0 Å². The number of aryl methyl sites for hydroxylation is 1. The first kappa shape index (κ1) is 15.4. The van der Waals surface area contributed by atoms with Crippen molar-refractivity contribution in [1.29, 1.82) is 0 Å². The maximum atomic E-state index is 11.2. The van der Waals surface area contributed by atoms with E-state index in [4.69, 9.17) is 5.73 Å². The topological polar surface area (TPSA) is 97.0 Å². The Kier molecular flexibility index (Phi) is 4.47. The maximum absolute atomic E-state index is 11.2. The van der Waals surface area contributed by atoms with Gasteiger partial charge in [-0.1, -0.05) is 6.07 Å². The number of aromatic nitrogens is 3. The van der Waals surface area contributed by atoms with E-state index in [1.807, 2.05) is 36.1 Å². The smallest absolute Gasteiger partial charge is 0.231 e. The summed E-state index contributed by atoms with van der Waals surface area (Å²) in [5, 5.41) is 3.19. The maximum Gasteiger partial charge on any atom is 0.231 e. The zero-order valence-electron chi connectivity index (χ0n) is 13.1. The zero-order chi connectivity index (χ0) is 16.2. The molecular formula is C16H20N6O. The van der Waals surface area contributed by atoms with Crippen molar-refractivity contribution in [2.24, 2.45) is 5.73 Å². The van der Waals surface area contributed by atoms with Crippen molar-refractivity contribution < 1.29 is 4.79 Å². The van der Waals surface area contributed by atoms with Gasteiger partial charge in [0.05, 0.1) is 12.6 Å². The van der Waals surface area contributed by atoms with Crippen LogP contribution in [0.3, 0.4) is 0 Å². The average molecular weight is 312 g/mol. The van der Waals surface area contributed by atoms with Crippen LogP contribution in [0.2, 0.25) is 0 Å². The summed E-state index contributed by atoms with van der Waals surface area (Å²) in [7, 11) is 0. The highest BCUT2D eigenvalue weighted by Gasteiger charge is 2.29. The molecule has 0 bridgehead atoms. The first-order valence-corrected chi connectivity index (χ1v) is 7.68. The highest BCUT2D eigenvalue weighted by atomic mass is 16.1. The molecule has 0 radical (unpaired) electrons. The van der Waals surface area contributed by atoms with Gasteiger partial charge in [-0.05, 0) is 38.4 Å². The molecule has 23 heavy (non-hydrogen) atoms. The summed E-state index contributed by atoms with van der Waals surface area (Å²) >= 11 is 0. The molecule has 0 aromatic carbocycles. The number of amides is 1. The van der Waals surface area contributed by atoms with E-state index in [-0.39, 0.29) is 18.5 Å². The van der Waals surface area contributed by atoms with Gasteiger partial charge in [0, 0.05) is 18.0 Å². The van der Waals surface area contributed by atoms with E-state index in [1.165, 1.54) is 0 Å². The number of pyridine rings is 1. The van der Waals surface area contributed by atoms with Crippen LogP contribution < -0.4 is 11.1 Å². The zero-order valence-corrected chi connectivity index (χ0v) is 13.1. The standard InChI is InChI=1S/C16H20N6O/c1-11-9-15(20-14-6-2-3-7-18-14)21-16(19-11)12-5-4-8-22(12)10-13(17)23/h2-3,6-7,9,12H,4-5,8,10H2,1H3,(H2,17,23)(H,18,19,20,21). The first-order valence-electron chi connectivity index (χ1n) is 7.68. The number of carbonyl (C=O) groups is 1. The average Bonchev–Trinajstić information content (AvgIpc) is 2.95. The second-order valence-electron chi connectivity index (χ2n) is 5.69. The Morgan fingerprint density at radius 3 is 3.00 bits per heavy atom. The van der Waals surface area contributed by atoms with Crippen LogP contribution in [0.15, 0.2) is 30.5 Å². The minimum atomic E-state index is -0.323. The van der Waals surface area contributed by atoms with Gasteiger partial charge in [0.2, 0.25) is 5.91 Å². The van der Waals surface area contributed by atoms with E-state index in [0.29, 0.717) is 5.82 Å². The van der Waals surface area contributed by atoms with Crippen LogP contribution in [-0.2, 0) is 4.79 Å². The fourth-order valence-corrected chi connectivity index (χ4v) is 2.88. The molecular weight excluding hydrogens is 292 g/mol. The normalized spacial score (nSPS) is 18.0. The number of nitrogens with zero attached hydrogens (tertiary/aromatic N) is 4. The van der Waals surface area contributed by atoms with Gasteiger partial charge in [-0.25, -0.2) is 15.0 Å². The Labute approximate surface area is 135 Å². The van der Waals surface area contributed by atoms with Crippen LogP contribution >= 0.6 is 0 Å². The second kappa shape index (κ2) is 6.70. The van der Waals surface area contributed by atoms with Gasteiger partial charge in [-0.3, -0.25) is 9.69 Å². The van der Waals surface area contributed by atoms with Crippen LogP contribution in [0.4, 0.5) is 11.6 Å². The van der Waals surface area contributed by atoms with Gasteiger partial charge in [0.25, 0.3) is 0 Å². The third kappa shape index (κ3) is 3.81. The predicted octanol–water partition coefficient (Wildman–Crippen LogP) is 1.55. The lowest BCUT2D eigenvalue weighted by atomic mass is 10.2. The molecule has 2 aromatic heterocycles. The molecule has 2 aromatic rings. The van der Waals surface area contributed by atoms with Gasteiger partial charge in [0.1, 0.15) is 17.5 Å². The summed E-state index contributed by atoms with van der Waals surface area (Å²) in [5.74, 6) is 1.84. The van der Waals surface area contributed by atoms with Crippen LogP contribution in [0, 0.1) is 6.92 Å². The first-order chi connectivity index (χ1) is 11.1. The molecule has 0 spiro atoms. The number of primary amides is 1. The summed E-state index contributed by atoms with van der Waals surface area (Å²) in [5.41, 5.74) is 6.21. The fraction of sp³-hybridized carbons (Fsp3) is 0.375. The Morgan fingerprint density at radius 2 is 2.26 bits per heavy atom.